The van der Waals surface area contributed by atoms with Crippen LogP contribution in [0.5, 0.6) is 0 Å². The van der Waals surface area contributed by atoms with Crippen molar-refractivity contribution in [1.82, 2.24) is 4.98 Å². The smallest absolute Gasteiger partial charge is 0.311 e. The minimum Gasteiger partial charge on any atom is -0.466 e. The highest BCUT2D eigenvalue weighted by molar-refractivity contribution is 7.90. The number of aromatic nitrogens is 1. The van der Waals surface area contributed by atoms with Gasteiger partial charge in [-0.1, -0.05) is 49.4 Å². The molecule has 0 radical (unpaired) electrons. The van der Waals surface area contributed by atoms with Crippen molar-refractivity contribution >= 4 is 44.5 Å². The van der Waals surface area contributed by atoms with Gasteiger partial charge in [0.25, 0.3) is 0 Å². The van der Waals surface area contributed by atoms with E-state index in [1.54, 1.807) is 31.2 Å². The van der Waals surface area contributed by atoms with Crippen LogP contribution in [-0.2, 0) is 37.0 Å². The number of carbonyl (C=O) groups is 2. The van der Waals surface area contributed by atoms with E-state index in [9.17, 15) is 18.0 Å². The summed E-state index contributed by atoms with van der Waals surface area (Å²) in [6.07, 6.45) is 6.59. The van der Waals surface area contributed by atoms with Crippen molar-refractivity contribution in [3.8, 4) is 0 Å². The Morgan fingerprint density at radius 3 is 2.44 bits per heavy atom. The van der Waals surface area contributed by atoms with E-state index in [1.165, 1.54) is 30.4 Å². The lowest BCUT2D eigenvalue weighted by Gasteiger charge is -2.20. The van der Waals surface area contributed by atoms with Gasteiger partial charge in [-0.25, -0.2) is 13.4 Å². The van der Waals surface area contributed by atoms with Crippen LogP contribution >= 0.6 is 22.9 Å². The Labute approximate surface area is 198 Å². The highest BCUT2D eigenvalue weighted by atomic mass is 35.5. The van der Waals surface area contributed by atoms with Gasteiger partial charge in [-0.2, -0.15) is 0 Å². The average molecular weight is 498 g/mol. The summed E-state index contributed by atoms with van der Waals surface area (Å²) >= 11 is 7.46. The molecule has 1 unspecified atom stereocenters. The third kappa shape index (κ3) is 6.62. The summed E-state index contributed by atoms with van der Waals surface area (Å²) in [5.41, 5.74) is 1.26. The summed E-state index contributed by atoms with van der Waals surface area (Å²) in [6, 6.07) is 6.62. The van der Waals surface area contributed by atoms with Gasteiger partial charge in [0.1, 0.15) is 15.1 Å². The molecule has 0 aliphatic heterocycles. The van der Waals surface area contributed by atoms with Gasteiger partial charge in [0, 0.05) is 12.2 Å². The van der Waals surface area contributed by atoms with Gasteiger partial charge in [0.05, 0.1) is 30.0 Å². The fourth-order valence-electron chi connectivity index (χ4n) is 4.17. The maximum Gasteiger partial charge on any atom is 0.311 e. The Balaban J connectivity index is 1.79. The number of carbonyl (C=O) groups excluding carboxylic acids is 2. The molecular weight excluding hydrogens is 470 g/mol. The summed E-state index contributed by atoms with van der Waals surface area (Å²) in [7, 11) is -3.30. The molecule has 0 spiro atoms. The molecule has 2 aromatic rings. The zero-order valence-electron chi connectivity index (χ0n) is 18.3. The predicted molar refractivity (Wildman–Crippen MR) is 125 cm³/mol. The lowest BCUT2D eigenvalue weighted by atomic mass is 9.84. The number of hydrogen-bond donors (Lipinski definition) is 0. The number of benzene rings is 1. The fourth-order valence-corrected chi connectivity index (χ4v) is 5.98. The minimum atomic E-state index is -3.30. The van der Waals surface area contributed by atoms with Gasteiger partial charge in [-0.05, 0) is 37.0 Å². The molecular formula is C23H28ClNO5S2. The SMILES string of the molecule is CCOC(=O)Cc1nc(CC(=O)C(CC2CCCC2)c2ccc(S(C)(=O)=O)cc2)sc1Cl. The largest absolute Gasteiger partial charge is 0.466 e. The van der Waals surface area contributed by atoms with E-state index in [4.69, 9.17) is 16.3 Å². The third-order valence-corrected chi connectivity index (χ3v) is 8.24. The number of sulfone groups is 1. The molecule has 0 bridgehead atoms. The summed E-state index contributed by atoms with van der Waals surface area (Å²) in [5, 5.41) is 0.573. The van der Waals surface area contributed by atoms with Crippen LogP contribution in [0.3, 0.4) is 0 Å². The molecule has 6 nitrogen and oxygen atoms in total. The van der Waals surface area contributed by atoms with Crippen molar-refractivity contribution in [2.75, 3.05) is 12.9 Å². The molecule has 32 heavy (non-hydrogen) atoms. The molecule has 0 saturated heterocycles. The Bertz CT molecular complexity index is 1060. The number of thiazole rings is 1. The second-order valence-electron chi connectivity index (χ2n) is 8.23. The predicted octanol–water partition coefficient (Wildman–Crippen LogP) is 4.78. The van der Waals surface area contributed by atoms with Gasteiger partial charge < -0.3 is 4.74 Å². The fraction of sp³-hybridized carbons (Fsp3) is 0.522. The number of ether oxygens (including phenoxy) is 1. The molecule has 1 fully saturated rings. The molecule has 1 saturated carbocycles. The Morgan fingerprint density at radius 2 is 1.84 bits per heavy atom. The van der Waals surface area contributed by atoms with Gasteiger partial charge in [0.2, 0.25) is 0 Å². The lowest BCUT2D eigenvalue weighted by Crippen LogP contribution is -2.18. The van der Waals surface area contributed by atoms with Crippen LogP contribution in [0.15, 0.2) is 29.2 Å². The molecule has 1 aromatic heterocycles. The van der Waals surface area contributed by atoms with Crippen LogP contribution in [0, 0.1) is 5.92 Å². The number of nitrogens with zero attached hydrogens (tertiary/aromatic N) is 1. The molecule has 1 aromatic carbocycles. The Kier molecular flexibility index (Phi) is 8.47. The van der Waals surface area contributed by atoms with Crippen LogP contribution in [0.1, 0.15) is 61.2 Å². The number of ketones is 1. The van der Waals surface area contributed by atoms with Crippen LogP contribution in [0.2, 0.25) is 4.34 Å². The highest BCUT2D eigenvalue weighted by Gasteiger charge is 2.28. The van der Waals surface area contributed by atoms with E-state index >= 15 is 0 Å². The average Bonchev–Trinajstić information content (AvgIpc) is 3.35. The van der Waals surface area contributed by atoms with Crippen LogP contribution in [0.25, 0.3) is 0 Å². The molecule has 174 valence electrons. The molecule has 0 N–H and O–H groups in total. The van der Waals surface area contributed by atoms with Crippen molar-refractivity contribution in [2.45, 2.75) is 62.7 Å². The first-order valence-electron chi connectivity index (χ1n) is 10.8. The van der Waals surface area contributed by atoms with Crippen molar-refractivity contribution in [3.05, 3.63) is 44.9 Å². The van der Waals surface area contributed by atoms with Crippen molar-refractivity contribution < 1.29 is 22.7 Å². The lowest BCUT2D eigenvalue weighted by molar-refractivity contribution is -0.142. The van der Waals surface area contributed by atoms with Crippen LogP contribution in [-0.4, -0.2) is 38.0 Å². The number of rotatable bonds is 10. The second kappa shape index (κ2) is 10.9. The molecule has 0 amide bonds. The highest BCUT2D eigenvalue weighted by Crippen LogP contribution is 2.36. The van der Waals surface area contributed by atoms with Crippen molar-refractivity contribution in [3.63, 3.8) is 0 Å². The first-order valence-corrected chi connectivity index (χ1v) is 13.9. The maximum absolute atomic E-state index is 13.3. The van der Waals surface area contributed by atoms with Gasteiger partial charge >= 0.3 is 5.97 Å². The Hall–Kier alpha value is -1.77. The van der Waals surface area contributed by atoms with E-state index in [2.05, 4.69) is 4.98 Å². The molecule has 1 aliphatic carbocycles. The first kappa shape index (κ1) is 24.9. The van der Waals surface area contributed by atoms with E-state index in [1.807, 2.05) is 0 Å². The topological polar surface area (TPSA) is 90.4 Å². The van der Waals surface area contributed by atoms with Gasteiger partial charge in [0.15, 0.2) is 9.84 Å². The summed E-state index contributed by atoms with van der Waals surface area (Å²) in [5.74, 6) is -0.222. The second-order valence-corrected chi connectivity index (χ2v) is 11.9. The van der Waals surface area contributed by atoms with Crippen molar-refractivity contribution in [1.29, 1.82) is 0 Å². The quantitative estimate of drug-likeness (QED) is 0.439. The molecule has 9 heteroatoms. The van der Waals surface area contributed by atoms with E-state index in [0.717, 1.165) is 24.8 Å². The molecule has 1 aliphatic rings. The summed E-state index contributed by atoms with van der Waals surface area (Å²) in [4.78, 5) is 29.7. The molecule has 1 heterocycles. The molecule has 1 atom stereocenters. The van der Waals surface area contributed by atoms with Crippen LogP contribution in [0.4, 0.5) is 0 Å². The standard InChI is InChI=1S/C23H28ClNO5S2/c1-3-30-22(27)13-19-23(24)31-21(25-19)14-20(26)18(12-15-6-4-5-7-15)16-8-10-17(11-9-16)32(2,28)29/h8-11,15,18H,3-7,12-14H2,1-2H3. The van der Waals surface area contributed by atoms with E-state index in [-0.39, 0.29) is 36.0 Å². The summed E-state index contributed by atoms with van der Waals surface area (Å²) in [6.45, 7) is 2.02. The zero-order chi connectivity index (χ0) is 23.3. The van der Waals surface area contributed by atoms with Gasteiger partial charge in [-0.15, -0.1) is 11.3 Å². The van der Waals surface area contributed by atoms with Crippen molar-refractivity contribution in [2.24, 2.45) is 5.92 Å². The monoisotopic (exact) mass is 497 g/mol. The number of halogens is 1. The van der Waals surface area contributed by atoms with Crippen LogP contribution < -0.4 is 0 Å². The van der Waals surface area contributed by atoms with E-state index < -0.39 is 15.8 Å². The third-order valence-electron chi connectivity index (χ3n) is 5.78. The number of esters is 1. The Morgan fingerprint density at radius 1 is 1.19 bits per heavy atom. The van der Waals surface area contributed by atoms with Gasteiger partial charge in [-0.3, -0.25) is 9.59 Å². The first-order chi connectivity index (χ1) is 15.2. The molecule has 3 rings (SSSR count). The minimum absolute atomic E-state index is 0.0180. The maximum atomic E-state index is 13.3. The number of hydrogen-bond acceptors (Lipinski definition) is 7. The number of Topliss-reactive ketones (excluding diaryl/α,β-unsaturated/α-hetero) is 1. The van der Waals surface area contributed by atoms with E-state index in [0.29, 0.717) is 21.0 Å². The summed E-state index contributed by atoms with van der Waals surface area (Å²) < 4.78 is 28.9. The zero-order valence-corrected chi connectivity index (χ0v) is 20.7. The normalized spacial score (nSPS) is 15.6.